The predicted octanol–water partition coefficient (Wildman–Crippen LogP) is 2.30. The van der Waals surface area contributed by atoms with Crippen molar-refractivity contribution in [1.82, 2.24) is 14.9 Å². The summed E-state index contributed by atoms with van der Waals surface area (Å²) < 4.78 is 2.17. The van der Waals surface area contributed by atoms with E-state index in [0.717, 1.165) is 12.5 Å². The van der Waals surface area contributed by atoms with Gasteiger partial charge in [0.15, 0.2) is 0 Å². The molecule has 4 nitrogen and oxygen atoms in total. The Kier molecular flexibility index (Phi) is 4.64. The van der Waals surface area contributed by atoms with Crippen molar-refractivity contribution in [3.05, 3.63) is 11.9 Å². The minimum atomic E-state index is 0.699. The zero-order valence-corrected chi connectivity index (χ0v) is 11.9. The number of hydrogen-bond acceptors (Lipinski definition) is 3. The summed E-state index contributed by atoms with van der Waals surface area (Å²) in [7, 11) is 6.15. The van der Waals surface area contributed by atoms with Crippen molar-refractivity contribution in [1.29, 1.82) is 0 Å². The predicted molar refractivity (Wildman–Crippen MR) is 75.9 cm³/mol. The van der Waals surface area contributed by atoms with Crippen molar-refractivity contribution >= 4 is 5.95 Å². The Labute approximate surface area is 110 Å². The lowest BCUT2D eigenvalue weighted by Crippen LogP contribution is -2.28. The molecule has 1 N–H and O–H groups in total. The van der Waals surface area contributed by atoms with Gasteiger partial charge < -0.3 is 14.8 Å². The second kappa shape index (κ2) is 6.23. The SMILES string of the molecule is CN(C)c1ncc(CNC2CCCCCC2)n1C. The van der Waals surface area contributed by atoms with Gasteiger partial charge in [-0.15, -0.1) is 0 Å². The van der Waals surface area contributed by atoms with Crippen LogP contribution in [-0.4, -0.2) is 29.7 Å². The molecule has 0 atom stereocenters. The van der Waals surface area contributed by atoms with E-state index in [4.69, 9.17) is 0 Å². The first-order valence-electron chi connectivity index (χ1n) is 7.10. The summed E-state index contributed by atoms with van der Waals surface area (Å²) in [4.78, 5) is 6.50. The van der Waals surface area contributed by atoms with Crippen LogP contribution in [0.1, 0.15) is 44.2 Å². The van der Waals surface area contributed by atoms with Crippen LogP contribution in [0, 0.1) is 0 Å². The van der Waals surface area contributed by atoms with Gasteiger partial charge in [0.05, 0.1) is 11.9 Å². The molecule has 0 saturated heterocycles. The number of anilines is 1. The Morgan fingerprint density at radius 2 is 1.94 bits per heavy atom. The molecule has 0 aromatic carbocycles. The van der Waals surface area contributed by atoms with Crippen LogP contribution >= 0.6 is 0 Å². The van der Waals surface area contributed by atoms with Crippen LogP contribution in [0.2, 0.25) is 0 Å². The lowest BCUT2D eigenvalue weighted by atomic mass is 10.1. The van der Waals surface area contributed by atoms with E-state index in [1.807, 2.05) is 20.3 Å². The molecule has 0 amide bonds. The van der Waals surface area contributed by atoms with Gasteiger partial charge in [-0.2, -0.15) is 0 Å². The summed E-state index contributed by atoms with van der Waals surface area (Å²) >= 11 is 0. The number of rotatable bonds is 4. The molecule has 1 heterocycles. The van der Waals surface area contributed by atoms with Crippen LogP contribution in [0.5, 0.6) is 0 Å². The van der Waals surface area contributed by atoms with Crippen molar-refractivity contribution in [2.24, 2.45) is 7.05 Å². The van der Waals surface area contributed by atoms with E-state index in [1.54, 1.807) is 0 Å². The summed E-state index contributed by atoms with van der Waals surface area (Å²) in [5, 5.41) is 3.69. The summed E-state index contributed by atoms with van der Waals surface area (Å²) in [5.41, 5.74) is 1.27. The maximum Gasteiger partial charge on any atom is 0.204 e. The van der Waals surface area contributed by atoms with E-state index in [2.05, 4.69) is 26.8 Å². The minimum Gasteiger partial charge on any atom is -0.348 e. The molecule has 1 fully saturated rings. The van der Waals surface area contributed by atoms with Crippen molar-refractivity contribution in [3.63, 3.8) is 0 Å². The van der Waals surface area contributed by atoms with Crippen LogP contribution in [-0.2, 0) is 13.6 Å². The molecular weight excluding hydrogens is 224 g/mol. The maximum absolute atomic E-state index is 4.45. The highest BCUT2D eigenvalue weighted by atomic mass is 15.3. The molecule has 102 valence electrons. The molecule has 0 spiro atoms. The number of nitrogens with one attached hydrogen (secondary N) is 1. The van der Waals surface area contributed by atoms with E-state index < -0.39 is 0 Å². The molecule has 1 aromatic rings. The third-order valence-electron chi connectivity index (χ3n) is 3.89. The van der Waals surface area contributed by atoms with Gasteiger partial charge in [0, 0.05) is 33.7 Å². The summed E-state index contributed by atoms with van der Waals surface area (Å²) in [6.07, 6.45) is 10.2. The zero-order valence-electron chi connectivity index (χ0n) is 11.9. The topological polar surface area (TPSA) is 33.1 Å². The van der Waals surface area contributed by atoms with E-state index in [1.165, 1.54) is 44.2 Å². The standard InChI is InChI=1S/C14H26N4/c1-17(2)14-16-11-13(18(14)3)10-15-12-8-6-4-5-7-9-12/h11-12,15H,4-10H2,1-3H3. The molecule has 1 aromatic heterocycles. The van der Waals surface area contributed by atoms with Crippen LogP contribution in [0.25, 0.3) is 0 Å². The van der Waals surface area contributed by atoms with Gasteiger partial charge in [0.1, 0.15) is 0 Å². The number of hydrogen-bond donors (Lipinski definition) is 1. The second-order valence-corrected chi connectivity index (χ2v) is 5.57. The third-order valence-corrected chi connectivity index (χ3v) is 3.89. The average molecular weight is 250 g/mol. The summed E-state index contributed by atoms with van der Waals surface area (Å²) in [5.74, 6) is 1.02. The average Bonchev–Trinajstić information content (AvgIpc) is 2.56. The normalized spacial score (nSPS) is 17.7. The van der Waals surface area contributed by atoms with Crippen molar-refractivity contribution in [3.8, 4) is 0 Å². The zero-order chi connectivity index (χ0) is 13.0. The Bertz CT molecular complexity index is 362. The fraction of sp³-hybridized carbons (Fsp3) is 0.786. The second-order valence-electron chi connectivity index (χ2n) is 5.57. The molecule has 0 radical (unpaired) electrons. The van der Waals surface area contributed by atoms with Crippen molar-refractivity contribution < 1.29 is 0 Å². The lowest BCUT2D eigenvalue weighted by Gasteiger charge is -2.17. The molecule has 1 aliphatic carbocycles. The number of aromatic nitrogens is 2. The smallest absolute Gasteiger partial charge is 0.204 e. The highest BCUT2D eigenvalue weighted by Crippen LogP contribution is 2.18. The molecule has 0 aliphatic heterocycles. The van der Waals surface area contributed by atoms with Crippen molar-refractivity contribution in [2.45, 2.75) is 51.1 Å². The Hall–Kier alpha value is -1.03. The van der Waals surface area contributed by atoms with Gasteiger partial charge in [-0.05, 0) is 12.8 Å². The van der Waals surface area contributed by atoms with Gasteiger partial charge >= 0.3 is 0 Å². The van der Waals surface area contributed by atoms with Gasteiger partial charge in [-0.3, -0.25) is 0 Å². The summed E-state index contributed by atoms with van der Waals surface area (Å²) in [6, 6.07) is 0.699. The lowest BCUT2D eigenvalue weighted by molar-refractivity contribution is 0.453. The largest absolute Gasteiger partial charge is 0.348 e. The Balaban J connectivity index is 1.89. The molecule has 4 heteroatoms. The van der Waals surface area contributed by atoms with Crippen LogP contribution in [0.4, 0.5) is 5.95 Å². The van der Waals surface area contributed by atoms with Gasteiger partial charge in [-0.25, -0.2) is 4.98 Å². The molecule has 18 heavy (non-hydrogen) atoms. The monoisotopic (exact) mass is 250 g/mol. The van der Waals surface area contributed by atoms with Crippen LogP contribution < -0.4 is 10.2 Å². The molecule has 1 aliphatic rings. The van der Waals surface area contributed by atoms with Crippen LogP contribution in [0.15, 0.2) is 6.20 Å². The molecule has 1 saturated carbocycles. The first-order chi connectivity index (χ1) is 8.68. The van der Waals surface area contributed by atoms with Gasteiger partial charge in [-0.1, -0.05) is 25.7 Å². The molecule has 0 bridgehead atoms. The third kappa shape index (κ3) is 3.25. The minimum absolute atomic E-state index is 0.699. The van der Waals surface area contributed by atoms with E-state index in [9.17, 15) is 0 Å². The quantitative estimate of drug-likeness (QED) is 0.832. The van der Waals surface area contributed by atoms with Crippen molar-refractivity contribution in [2.75, 3.05) is 19.0 Å². The highest BCUT2D eigenvalue weighted by Gasteiger charge is 2.13. The number of nitrogens with zero attached hydrogens (tertiary/aromatic N) is 3. The molecular formula is C14H26N4. The van der Waals surface area contributed by atoms with E-state index in [-0.39, 0.29) is 0 Å². The fourth-order valence-electron chi connectivity index (χ4n) is 2.75. The maximum atomic E-state index is 4.45. The summed E-state index contributed by atoms with van der Waals surface area (Å²) in [6.45, 7) is 0.933. The van der Waals surface area contributed by atoms with Gasteiger partial charge in [0.2, 0.25) is 5.95 Å². The highest BCUT2D eigenvalue weighted by molar-refractivity contribution is 5.30. The first kappa shape index (κ1) is 13.4. The Morgan fingerprint density at radius 1 is 1.28 bits per heavy atom. The first-order valence-corrected chi connectivity index (χ1v) is 7.10. The van der Waals surface area contributed by atoms with E-state index in [0.29, 0.717) is 6.04 Å². The molecule has 2 rings (SSSR count). The number of imidazole rings is 1. The van der Waals surface area contributed by atoms with E-state index >= 15 is 0 Å². The Morgan fingerprint density at radius 3 is 2.50 bits per heavy atom. The molecule has 0 unspecified atom stereocenters. The van der Waals surface area contributed by atoms with Crippen LogP contribution in [0.3, 0.4) is 0 Å². The fourth-order valence-corrected chi connectivity index (χ4v) is 2.75. The van der Waals surface area contributed by atoms with Gasteiger partial charge in [0.25, 0.3) is 0 Å².